The average molecular weight is 272 g/mol. The Hall–Kier alpha value is -1.98. The lowest BCUT2D eigenvalue weighted by molar-refractivity contribution is 0.315. The second-order valence-corrected chi connectivity index (χ2v) is 4.58. The molecule has 1 unspecified atom stereocenters. The molecule has 0 bridgehead atoms. The molecule has 2 aromatic rings. The van der Waals surface area contributed by atoms with E-state index in [1.807, 2.05) is 25.1 Å². The lowest BCUT2D eigenvalue weighted by Gasteiger charge is -2.18. The second-order valence-electron chi connectivity index (χ2n) is 4.58. The fourth-order valence-corrected chi connectivity index (χ4v) is 2.06. The molecular weight excluding hydrogens is 252 g/mol. The number of aromatic nitrogens is 2. The van der Waals surface area contributed by atoms with Gasteiger partial charge in [-0.2, -0.15) is 0 Å². The summed E-state index contributed by atoms with van der Waals surface area (Å²) < 4.78 is 5.61. The van der Waals surface area contributed by atoms with Crippen LogP contribution < -0.4 is 16.0 Å². The zero-order chi connectivity index (χ0) is 14.4. The van der Waals surface area contributed by atoms with Gasteiger partial charge in [0, 0.05) is 18.1 Å². The Morgan fingerprint density at radius 2 is 2.25 bits per heavy atom. The SMILES string of the molecule is CCCOc1cncc(C(NN)c2cccnc2C)c1. The summed E-state index contributed by atoms with van der Waals surface area (Å²) in [7, 11) is 0. The van der Waals surface area contributed by atoms with Gasteiger partial charge in [0.15, 0.2) is 0 Å². The number of rotatable bonds is 6. The van der Waals surface area contributed by atoms with Gasteiger partial charge in [-0.3, -0.25) is 15.8 Å². The minimum Gasteiger partial charge on any atom is -0.492 e. The molecule has 0 fully saturated rings. The molecule has 5 heteroatoms. The maximum Gasteiger partial charge on any atom is 0.137 e. The molecule has 20 heavy (non-hydrogen) atoms. The molecule has 2 rings (SSSR count). The second kappa shape index (κ2) is 6.98. The first-order valence-electron chi connectivity index (χ1n) is 6.71. The summed E-state index contributed by atoms with van der Waals surface area (Å²) in [5, 5.41) is 0. The number of hydrogen-bond acceptors (Lipinski definition) is 5. The van der Waals surface area contributed by atoms with Crippen LogP contribution in [0.2, 0.25) is 0 Å². The zero-order valence-electron chi connectivity index (χ0n) is 11.8. The number of hydrazine groups is 1. The summed E-state index contributed by atoms with van der Waals surface area (Å²) in [6, 6.07) is 5.71. The van der Waals surface area contributed by atoms with Crippen molar-refractivity contribution in [3.63, 3.8) is 0 Å². The first-order valence-corrected chi connectivity index (χ1v) is 6.71. The molecule has 3 N–H and O–H groups in total. The lowest BCUT2D eigenvalue weighted by Crippen LogP contribution is -2.29. The molecule has 1 atom stereocenters. The van der Waals surface area contributed by atoms with E-state index in [0.29, 0.717) is 6.61 Å². The quantitative estimate of drug-likeness (QED) is 0.622. The van der Waals surface area contributed by atoms with Crippen LogP contribution in [0.3, 0.4) is 0 Å². The van der Waals surface area contributed by atoms with Gasteiger partial charge in [0.1, 0.15) is 5.75 Å². The van der Waals surface area contributed by atoms with E-state index < -0.39 is 0 Å². The molecule has 2 heterocycles. The number of nitrogens with two attached hydrogens (primary N) is 1. The smallest absolute Gasteiger partial charge is 0.137 e. The molecule has 0 aromatic carbocycles. The van der Waals surface area contributed by atoms with Crippen molar-refractivity contribution in [2.24, 2.45) is 5.84 Å². The third kappa shape index (κ3) is 3.31. The van der Waals surface area contributed by atoms with Crippen LogP contribution in [0.15, 0.2) is 36.8 Å². The largest absolute Gasteiger partial charge is 0.492 e. The third-order valence-electron chi connectivity index (χ3n) is 3.07. The minimum atomic E-state index is -0.152. The van der Waals surface area contributed by atoms with Gasteiger partial charge in [-0.25, -0.2) is 5.43 Å². The topological polar surface area (TPSA) is 73.1 Å². The number of nitrogens with one attached hydrogen (secondary N) is 1. The van der Waals surface area contributed by atoms with E-state index in [1.165, 1.54) is 0 Å². The van der Waals surface area contributed by atoms with E-state index in [4.69, 9.17) is 10.6 Å². The number of ether oxygens (including phenoxy) is 1. The first kappa shape index (κ1) is 14.4. The maximum atomic E-state index is 5.71. The summed E-state index contributed by atoms with van der Waals surface area (Å²) in [6.07, 6.45) is 6.23. The van der Waals surface area contributed by atoms with Crippen molar-refractivity contribution in [3.05, 3.63) is 53.6 Å². The molecule has 106 valence electrons. The minimum absolute atomic E-state index is 0.152. The van der Waals surface area contributed by atoms with Crippen molar-refractivity contribution in [2.45, 2.75) is 26.3 Å². The summed E-state index contributed by atoms with van der Waals surface area (Å²) >= 11 is 0. The molecule has 0 saturated carbocycles. The van der Waals surface area contributed by atoms with Crippen LogP contribution in [0.1, 0.15) is 36.2 Å². The lowest BCUT2D eigenvalue weighted by atomic mass is 10.00. The maximum absolute atomic E-state index is 5.71. The highest BCUT2D eigenvalue weighted by atomic mass is 16.5. The molecular formula is C15H20N4O. The Kier molecular flexibility index (Phi) is 5.03. The predicted octanol–water partition coefficient (Wildman–Crippen LogP) is 2.13. The standard InChI is InChI=1S/C15H20N4O/c1-3-7-20-13-8-12(9-17-10-13)15(19-16)14-5-4-6-18-11(14)2/h4-6,8-10,15,19H,3,7,16H2,1-2H3. The number of aryl methyl sites for hydroxylation is 1. The van der Waals surface area contributed by atoms with Gasteiger partial charge in [0.05, 0.1) is 18.8 Å². The Bertz CT molecular complexity index is 559. The van der Waals surface area contributed by atoms with Crippen molar-refractivity contribution in [3.8, 4) is 5.75 Å². The van der Waals surface area contributed by atoms with Crippen LogP contribution in [0, 0.1) is 6.92 Å². The molecule has 2 aromatic heterocycles. The van der Waals surface area contributed by atoms with Crippen LogP contribution >= 0.6 is 0 Å². The van der Waals surface area contributed by atoms with Gasteiger partial charge in [0.25, 0.3) is 0 Å². The van der Waals surface area contributed by atoms with E-state index in [-0.39, 0.29) is 6.04 Å². The van der Waals surface area contributed by atoms with Gasteiger partial charge >= 0.3 is 0 Å². The molecule has 0 amide bonds. The molecule has 0 aliphatic rings. The first-order chi connectivity index (χ1) is 9.76. The van der Waals surface area contributed by atoms with E-state index in [2.05, 4.69) is 22.3 Å². The van der Waals surface area contributed by atoms with Gasteiger partial charge in [0.2, 0.25) is 0 Å². The summed E-state index contributed by atoms with van der Waals surface area (Å²) in [5.74, 6) is 6.47. The van der Waals surface area contributed by atoms with E-state index >= 15 is 0 Å². The zero-order valence-corrected chi connectivity index (χ0v) is 11.8. The summed E-state index contributed by atoms with van der Waals surface area (Å²) in [6.45, 7) is 4.71. The number of hydrogen-bond donors (Lipinski definition) is 2. The fourth-order valence-electron chi connectivity index (χ4n) is 2.06. The Labute approximate surface area is 119 Å². The number of pyridine rings is 2. The van der Waals surface area contributed by atoms with Crippen molar-refractivity contribution < 1.29 is 4.74 Å². The highest BCUT2D eigenvalue weighted by Gasteiger charge is 2.16. The molecule has 5 nitrogen and oxygen atoms in total. The van der Waals surface area contributed by atoms with E-state index in [0.717, 1.165) is 29.0 Å². The molecule has 0 saturated heterocycles. The monoisotopic (exact) mass is 272 g/mol. The third-order valence-corrected chi connectivity index (χ3v) is 3.07. The molecule has 0 aliphatic heterocycles. The highest BCUT2D eigenvalue weighted by Crippen LogP contribution is 2.25. The molecule has 0 radical (unpaired) electrons. The Morgan fingerprint density at radius 3 is 2.95 bits per heavy atom. The van der Waals surface area contributed by atoms with Gasteiger partial charge in [-0.1, -0.05) is 13.0 Å². The normalized spacial score (nSPS) is 12.2. The van der Waals surface area contributed by atoms with Gasteiger partial charge < -0.3 is 4.74 Å². The van der Waals surface area contributed by atoms with Crippen LogP contribution in [0.25, 0.3) is 0 Å². The van der Waals surface area contributed by atoms with Crippen molar-refractivity contribution >= 4 is 0 Å². The summed E-state index contributed by atoms with van der Waals surface area (Å²) in [5.41, 5.74) is 5.75. The van der Waals surface area contributed by atoms with Crippen LogP contribution in [0.4, 0.5) is 0 Å². The van der Waals surface area contributed by atoms with E-state index in [9.17, 15) is 0 Å². The summed E-state index contributed by atoms with van der Waals surface area (Å²) in [4.78, 5) is 8.52. The van der Waals surface area contributed by atoms with Crippen molar-refractivity contribution in [1.82, 2.24) is 15.4 Å². The van der Waals surface area contributed by atoms with Crippen molar-refractivity contribution in [2.75, 3.05) is 6.61 Å². The van der Waals surface area contributed by atoms with Crippen LogP contribution in [0.5, 0.6) is 5.75 Å². The fraction of sp³-hybridized carbons (Fsp3) is 0.333. The molecule has 0 aliphatic carbocycles. The average Bonchev–Trinajstić information content (AvgIpc) is 2.48. The van der Waals surface area contributed by atoms with Gasteiger partial charge in [-0.05, 0) is 36.6 Å². The molecule has 0 spiro atoms. The Morgan fingerprint density at radius 1 is 1.40 bits per heavy atom. The van der Waals surface area contributed by atoms with Crippen LogP contribution in [-0.2, 0) is 0 Å². The highest BCUT2D eigenvalue weighted by molar-refractivity contribution is 5.35. The predicted molar refractivity (Wildman–Crippen MR) is 78.2 cm³/mol. The van der Waals surface area contributed by atoms with Crippen LogP contribution in [-0.4, -0.2) is 16.6 Å². The van der Waals surface area contributed by atoms with E-state index in [1.54, 1.807) is 18.6 Å². The van der Waals surface area contributed by atoms with Gasteiger partial charge in [-0.15, -0.1) is 0 Å². The Balaban J connectivity index is 2.30. The number of nitrogens with zero attached hydrogens (tertiary/aromatic N) is 2. The van der Waals surface area contributed by atoms with Crippen molar-refractivity contribution in [1.29, 1.82) is 0 Å².